The lowest BCUT2D eigenvalue weighted by Crippen LogP contribution is -2.44. The third-order valence-electron chi connectivity index (χ3n) is 6.72. The lowest BCUT2D eigenvalue weighted by Gasteiger charge is -2.33. The van der Waals surface area contributed by atoms with Crippen LogP contribution in [-0.4, -0.2) is 53.0 Å². The highest BCUT2D eigenvalue weighted by molar-refractivity contribution is 6.34. The SMILES string of the molecule is O=C(O)C[C@H](NC(=O)[C@@H]1CCCN(CCCc2ccc3c(n2)NCCC3)C1)c1cc(Cl)cc(Cl)c1. The summed E-state index contributed by atoms with van der Waals surface area (Å²) < 4.78 is 0. The molecule has 9 heteroatoms. The van der Waals surface area contributed by atoms with Gasteiger partial charge < -0.3 is 20.6 Å². The number of carbonyl (C=O) groups is 2. The van der Waals surface area contributed by atoms with Gasteiger partial charge in [-0.15, -0.1) is 0 Å². The van der Waals surface area contributed by atoms with E-state index >= 15 is 0 Å². The summed E-state index contributed by atoms with van der Waals surface area (Å²) >= 11 is 12.2. The molecule has 188 valence electrons. The number of nitrogens with zero attached hydrogens (tertiary/aromatic N) is 2. The fraction of sp³-hybridized carbons (Fsp3) is 0.500. The van der Waals surface area contributed by atoms with Crippen molar-refractivity contribution < 1.29 is 14.7 Å². The molecule has 1 aromatic heterocycles. The Bertz CT molecular complexity index is 1040. The van der Waals surface area contributed by atoms with E-state index in [0.29, 0.717) is 22.2 Å². The Hall–Kier alpha value is -2.35. The summed E-state index contributed by atoms with van der Waals surface area (Å²) in [5, 5.41) is 16.5. The molecular formula is C26H32Cl2N4O3. The topological polar surface area (TPSA) is 94.6 Å². The largest absolute Gasteiger partial charge is 0.481 e. The summed E-state index contributed by atoms with van der Waals surface area (Å²) in [6.07, 6.45) is 5.61. The predicted octanol–water partition coefficient (Wildman–Crippen LogP) is 4.72. The van der Waals surface area contributed by atoms with Crippen molar-refractivity contribution in [2.45, 2.75) is 51.0 Å². The number of carbonyl (C=O) groups excluding carboxylic acids is 1. The third kappa shape index (κ3) is 7.32. The quantitative estimate of drug-likeness (QED) is 0.444. The second-order valence-electron chi connectivity index (χ2n) is 9.45. The number of carboxylic acid groups (broad SMARTS) is 1. The first kappa shape index (κ1) is 25.7. The number of likely N-dealkylation sites (tertiary alicyclic amines) is 1. The van der Waals surface area contributed by atoms with E-state index in [9.17, 15) is 14.7 Å². The number of hydrogen-bond donors (Lipinski definition) is 3. The smallest absolute Gasteiger partial charge is 0.305 e. The van der Waals surface area contributed by atoms with Crippen molar-refractivity contribution >= 4 is 40.9 Å². The van der Waals surface area contributed by atoms with Crippen LogP contribution in [0.3, 0.4) is 0 Å². The second kappa shape index (κ2) is 12.1. The van der Waals surface area contributed by atoms with Gasteiger partial charge in [-0.25, -0.2) is 4.98 Å². The van der Waals surface area contributed by atoms with E-state index in [4.69, 9.17) is 28.2 Å². The fourth-order valence-electron chi connectivity index (χ4n) is 4.96. The van der Waals surface area contributed by atoms with Crippen LogP contribution >= 0.6 is 23.2 Å². The molecule has 3 heterocycles. The molecule has 0 bridgehead atoms. The number of nitrogens with one attached hydrogen (secondary N) is 2. The molecular weight excluding hydrogens is 487 g/mol. The number of anilines is 1. The first-order valence-corrected chi connectivity index (χ1v) is 13.1. The van der Waals surface area contributed by atoms with E-state index < -0.39 is 12.0 Å². The van der Waals surface area contributed by atoms with E-state index in [2.05, 4.69) is 27.7 Å². The van der Waals surface area contributed by atoms with E-state index in [1.54, 1.807) is 18.2 Å². The monoisotopic (exact) mass is 518 g/mol. The van der Waals surface area contributed by atoms with Crippen LogP contribution in [-0.2, 0) is 22.4 Å². The van der Waals surface area contributed by atoms with Crippen LogP contribution in [0.15, 0.2) is 30.3 Å². The lowest BCUT2D eigenvalue weighted by molar-refractivity contribution is -0.138. The Morgan fingerprint density at radius 3 is 2.77 bits per heavy atom. The molecule has 1 saturated heterocycles. The highest BCUT2D eigenvalue weighted by atomic mass is 35.5. The molecule has 1 fully saturated rings. The van der Waals surface area contributed by atoms with Crippen molar-refractivity contribution in [3.8, 4) is 0 Å². The maximum absolute atomic E-state index is 13.1. The number of aromatic nitrogens is 1. The molecule has 0 unspecified atom stereocenters. The van der Waals surface area contributed by atoms with Gasteiger partial charge in [-0.2, -0.15) is 0 Å². The number of aliphatic carboxylic acids is 1. The number of rotatable bonds is 9. The van der Waals surface area contributed by atoms with Crippen LogP contribution in [0.2, 0.25) is 10.0 Å². The van der Waals surface area contributed by atoms with Crippen LogP contribution < -0.4 is 10.6 Å². The van der Waals surface area contributed by atoms with Gasteiger partial charge in [-0.3, -0.25) is 9.59 Å². The number of pyridine rings is 1. The van der Waals surface area contributed by atoms with Gasteiger partial charge in [-0.05, 0) is 87.0 Å². The van der Waals surface area contributed by atoms with Crippen molar-refractivity contribution in [2.75, 3.05) is 31.5 Å². The first-order chi connectivity index (χ1) is 16.9. The molecule has 0 spiro atoms. The van der Waals surface area contributed by atoms with Gasteiger partial charge in [-0.1, -0.05) is 29.3 Å². The third-order valence-corrected chi connectivity index (χ3v) is 7.15. The van der Waals surface area contributed by atoms with Crippen LogP contribution in [0.1, 0.15) is 55.0 Å². The predicted molar refractivity (Wildman–Crippen MR) is 138 cm³/mol. The van der Waals surface area contributed by atoms with Crippen LogP contribution in [0.5, 0.6) is 0 Å². The molecule has 4 rings (SSSR count). The summed E-state index contributed by atoms with van der Waals surface area (Å²) in [5.41, 5.74) is 2.99. The van der Waals surface area contributed by atoms with Gasteiger partial charge in [0, 0.05) is 28.8 Å². The summed E-state index contributed by atoms with van der Waals surface area (Å²) in [6.45, 7) is 3.52. The van der Waals surface area contributed by atoms with E-state index in [-0.39, 0.29) is 18.2 Å². The van der Waals surface area contributed by atoms with Crippen molar-refractivity contribution in [1.82, 2.24) is 15.2 Å². The van der Waals surface area contributed by atoms with Crippen LogP contribution in [0.25, 0.3) is 0 Å². The highest BCUT2D eigenvalue weighted by Gasteiger charge is 2.28. The van der Waals surface area contributed by atoms with E-state index in [0.717, 1.165) is 69.7 Å². The molecule has 35 heavy (non-hydrogen) atoms. The second-order valence-corrected chi connectivity index (χ2v) is 10.3. The molecule has 0 saturated carbocycles. The van der Waals surface area contributed by atoms with Crippen molar-refractivity contribution in [3.05, 3.63) is 57.2 Å². The van der Waals surface area contributed by atoms with Gasteiger partial charge in [0.1, 0.15) is 5.82 Å². The Morgan fingerprint density at radius 2 is 2.00 bits per heavy atom. The number of halogens is 2. The normalized spacial score (nSPS) is 18.9. The Balaban J connectivity index is 1.30. The van der Waals surface area contributed by atoms with Gasteiger partial charge >= 0.3 is 5.97 Å². The number of benzene rings is 1. The molecule has 1 aromatic carbocycles. The van der Waals surface area contributed by atoms with E-state index in [1.165, 1.54) is 5.56 Å². The molecule has 2 aliphatic rings. The zero-order valence-electron chi connectivity index (χ0n) is 19.7. The summed E-state index contributed by atoms with van der Waals surface area (Å²) in [6, 6.07) is 8.52. The minimum absolute atomic E-state index is 0.125. The molecule has 7 nitrogen and oxygen atoms in total. The Morgan fingerprint density at radius 1 is 1.20 bits per heavy atom. The minimum atomic E-state index is -0.998. The summed E-state index contributed by atoms with van der Waals surface area (Å²) in [7, 11) is 0. The Kier molecular flexibility index (Phi) is 8.87. The lowest BCUT2D eigenvalue weighted by atomic mass is 9.95. The zero-order chi connectivity index (χ0) is 24.8. The van der Waals surface area contributed by atoms with Crippen LogP contribution in [0, 0.1) is 5.92 Å². The van der Waals surface area contributed by atoms with Gasteiger partial charge in [0.2, 0.25) is 5.91 Å². The van der Waals surface area contributed by atoms with Gasteiger partial charge in [0.15, 0.2) is 0 Å². The standard InChI is InChI=1S/C26H32Cl2N4O3/c27-20-12-19(13-21(28)14-20)23(15-24(33)34)31-26(35)18-5-2-10-32(16-18)11-3-6-22-8-7-17-4-1-9-29-25(17)30-22/h7-8,12-14,18,23H,1-6,9-11,15-16H2,(H,29,30)(H,31,35)(H,33,34)/t18-,23+/m1/s1. The number of amides is 1. The molecule has 2 atom stereocenters. The molecule has 3 N–H and O–H groups in total. The average molecular weight is 519 g/mol. The van der Waals surface area contributed by atoms with Crippen molar-refractivity contribution in [2.24, 2.45) is 5.92 Å². The van der Waals surface area contributed by atoms with E-state index in [1.807, 2.05) is 0 Å². The van der Waals surface area contributed by atoms with Crippen molar-refractivity contribution in [1.29, 1.82) is 0 Å². The number of aryl methyl sites for hydroxylation is 2. The van der Waals surface area contributed by atoms with Gasteiger partial charge in [0.05, 0.1) is 18.4 Å². The number of carboxylic acids is 1. The fourth-order valence-corrected chi connectivity index (χ4v) is 5.50. The first-order valence-electron chi connectivity index (χ1n) is 12.3. The molecule has 1 amide bonds. The maximum Gasteiger partial charge on any atom is 0.305 e. The molecule has 0 aliphatic carbocycles. The van der Waals surface area contributed by atoms with Gasteiger partial charge in [0.25, 0.3) is 0 Å². The molecule has 2 aliphatic heterocycles. The molecule has 2 aromatic rings. The summed E-state index contributed by atoms with van der Waals surface area (Å²) in [4.78, 5) is 31.6. The summed E-state index contributed by atoms with van der Waals surface area (Å²) in [5.74, 6) is -0.275. The minimum Gasteiger partial charge on any atom is -0.481 e. The highest BCUT2D eigenvalue weighted by Crippen LogP contribution is 2.27. The number of piperidine rings is 1. The average Bonchev–Trinajstić information content (AvgIpc) is 2.83. The maximum atomic E-state index is 13.1. The molecule has 0 radical (unpaired) electrons. The number of fused-ring (bicyclic) bond motifs is 1. The van der Waals surface area contributed by atoms with Crippen LogP contribution in [0.4, 0.5) is 5.82 Å². The number of hydrogen-bond acceptors (Lipinski definition) is 5. The zero-order valence-corrected chi connectivity index (χ0v) is 21.2. The Labute approximate surface area is 216 Å². The van der Waals surface area contributed by atoms with Crippen molar-refractivity contribution in [3.63, 3.8) is 0 Å².